The maximum atomic E-state index is 12.7. The quantitative estimate of drug-likeness (QED) is 0.732. The van der Waals surface area contributed by atoms with Crippen molar-refractivity contribution >= 4 is 10.0 Å². The summed E-state index contributed by atoms with van der Waals surface area (Å²) in [6.07, 6.45) is 0. The zero-order valence-electron chi connectivity index (χ0n) is 16.2. The Balaban J connectivity index is 1.47. The molecule has 1 aliphatic heterocycles. The summed E-state index contributed by atoms with van der Waals surface area (Å²) in [5.41, 5.74) is 2.30. The first-order chi connectivity index (χ1) is 12.9. The van der Waals surface area contributed by atoms with E-state index in [-0.39, 0.29) is 0 Å². The van der Waals surface area contributed by atoms with Gasteiger partial charge in [0.1, 0.15) is 0 Å². The average molecular weight is 388 g/mol. The molecular weight excluding hydrogens is 358 g/mol. The Morgan fingerprint density at radius 2 is 1.59 bits per heavy atom. The third-order valence-corrected chi connectivity index (χ3v) is 7.00. The van der Waals surface area contributed by atoms with E-state index >= 15 is 0 Å². The van der Waals surface area contributed by atoms with Crippen molar-refractivity contribution in [1.29, 1.82) is 0 Å². The van der Waals surface area contributed by atoms with Crippen LogP contribution in [0.2, 0.25) is 0 Å². The van der Waals surface area contributed by atoms with E-state index in [0.717, 1.165) is 44.8 Å². The molecule has 1 heterocycles. The molecule has 0 bridgehead atoms. The van der Waals surface area contributed by atoms with Crippen LogP contribution in [0.4, 0.5) is 0 Å². The SMILES string of the molecule is Cc1cccc(S(=O)(=O)N(C)CCN2CCN(Cc3ccccc3)CC2)c1. The number of piperazine rings is 1. The van der Waals surface area contributed by atoms with Crippen molar-refractivity contribution in [3.8, 4) is 0 Å². The monoisotopic (exact) mass is 387 g/mol. The Labute approximate surface area is 163 Å². The van der Waals surface area contributed by atoms with Gasteiger partial charge in [-0.25, -0.2) is 8.42 Å². The Morgan fingerprint density at radius 1 is 0.926 bits per heavy atom. The van der Waals surface area contributed by atoms with Crippen LogP contribution in [0.1, 0.15) is 11.1 Å². The second kappa shape index (κ2) is 8.97. The molecule has 5 nitrogen and oxygen atoms in total. The summed E-state index contributed by atoms with van der Waals surface area (Å²) in [6.45, 7) is 8.16. The molecule has 0 atom stereocenters. The molecule has 1 fully saturated rings. The van der Waals surface area contributed by atoms with E-state index < -0.39 is 10.0 Å². The molecule has 0 unspecified atom stereocenters. The van der Waals surface area contributed by atoms with Crippen molar-refractivity contribution in [3.05, 3.63) is 65.7 Å². The van der Waals surface area contributed by atoms with Gasteiger partial charge in [0, 0.05) is 52.9 Å². The summed E-state index contributed by atoms with van der Waals surface area (Å²) >= 11 is 0. The number of nitrogens with zero attached hydrogens (tertiary/aromatic N) is 3. The van der Waals surface area contributed by atoms with Crippen molar-refractivity contribution in [2.75, 3.05) is 46.3 Å². The lowest BCUT2D eigenvalue weighted by atomic mass is 10.2. The van der Waals surface area contributed by atoms with Gasteiger partial charge in [0.15, 0.2) is 0 Å². The maximum absolute atomic E-state index is 12.7. The fraction of sp³-hybridized carbons (Fsp3) is 0.429. The first-order valence-electron chi connectivity index (χ1n) is 9.47. The fourth-order valence-electron chi connectivity index (χ4n) is 3.37. The Kier molecular flexibility index (Phi) is 6.65. The van der Waals surface area contributed by atoms with Crippen LogP contribution in [0.15, 0.2) is 59.5 Å². The number of hydrogen-bond acceptors (Lipinski definition) is 4. The Morgan fingerprint density at radius 3 is 2.26 bits per heavy atom. The summed E-state index contributed by atoms with van der Waals surface area (Å²) in [5, 5.41) is 0. The normalized spacial score (nSPS) is 16.7. The van der Waals surface area contributed by atoms with Gasteiger partial charge in [-0.05, 0) is 30.2 Å². The molecule has 0 saturated carbocycles. The Hall–Kier alpha value is -1.73. The summed E-state index contributed by atoms with van der Waals surface area (Å²) in [6, 6.07) is 17.6. The van der Waals surface area contributed by atoms with Crippen LogP contribution < -0.4 is 0 Å². The van der Waals surface area contributed by atoms with Gasteiger partial charge >= 0.3 is 0 Å². The molecule has 0 radical (unpaired) electrons. The highest BCUT2D eigenvalue weighted by Crippen LogP contribution is 2.16. The fourth-order valence-corrected chi connectivity index (χ4v) is 4.64. The van der Waals surface area contributed by atoms with Crippen LogP contribution >= 0.6 is 0 Å². The molecule has 1 saturated heterocycles. The van der Waals surface area contributed by atoms with Crippen LogP contribution in [-0.4, -0.2) is 68.8 Å². The molecule has 1 aliphatic rings. The van der Waals surface area contributed by atoms with Crippen molar-refractivity contribution in [2.24, 2.45) is 0 Å². The Bertz CT molecular complexity index is 832. The topological polar surface area (TPSA) is 43.9 Å². The molecule has 0 spiro atoms. The molecule has 0 aliphatic carbocycles. The molecular formula is C21H29N3O2S. The number of likely N-dealkylation sites (N-methyl/N-ethyl adjacent to an activating group) is 1. The van der Waals surface area contributed by atoms with Crippen molar-refractivity contribution in [1.82, 2.24) is 14.1 Å². The number of rotatable bonds is 7. The van der Waals surface area contributed by atoms with Gasteiger partial charge in [-0.1, -0.05) is 42.5 Å². The third kappa shape index (κ3) is 5.39. The van der Waals surface area contributed by atoms with E-state index in [9.17, 15) is 8.42 Å². The van der Waals surface area contributed by atoms with Gasteiger partial charge in [-0.15, -0.1) is 0 Å². The molecule has 146 valence electrons. The van der Waals surface area contributed by atoms with Crippen LogP contribution in [0.5, 0.6) is 0 Å². The second-order valence-corrected chi connectivity index (χ2v) is 9.29. The van der Waals surface area contributed by atoms with E-state index in [0.29, 0.717) is 11.4 Å². The summed E-state index contributed by atoms with van der Waals surface area (Å²) in [5.74, 6) is 0. The lowest BCUT2D eigenvalue weighted by molar-refractivity contribution is 0.124. The number of benzene rings is 2. The molecule has 0 N–H and O–H groups in total. The molecule has 3 rings (SSSR count). The maximum Gasteiger partial charge on any atom is 0.242 e. The van der Waals surface area contributed by atoms with Crippen molar-refractivity contribution in [2.45, 2.75) is 18.4 Å². The molecule has 6 heteroatoms. The molecule has 27 heavy (non-hydrogen) atoms. The number of hydrogen-bond donors (Lipinski definition) is 0. The minimum atomic E-state index is -3.42. The smallest absolute Gasteiger partial charge is 0.242 e. The lowest BCUT2D eigenvalue weighted by Gasteiger charge is -2.35. The van der Waals surface area contributed by atoms with Crippen LogP contribution in [0.3, 0.4) is 0 Å². The van der Waals surface area contributed by atoms with Gasteiger partial charge in [-0.3, -0.25) is 9.80 Å². The van der Waals surface area contributed by atoms with E-state index in [1.54, 1.807) is 25.2 Å². The standard InChI is InChI=1S/C21H29N3O2S/c1-19-7-6-10-21(17-19)27(25,26)22(2)11-12-23-13-15-24(16-14-23)18-20-8-4-3-5-9-20/h3-10,17H,11-16,18H2,1-2H3. The van der Waals surface area contributed by atoms with Gasteiger partial charge in [-0.2, -0.15) is 4.31 Å². The van der Waals surface area contributed by atoms with Gasteiger partial charge in [0.05, 0.1) is 4.90 Å². The average Bonchev–Trinajstić information content (AvgIpc) is 2.68. The first-order valence-corrected chi connectivity index (χ1v) is 10.9. The molecule has 2 aromatic rings. The van der Waals surface area contributed by atoms with E-state index in [1.165, 1.54) is 9.87 Å². The van der Waals surface area contributed by atoms with Gasteiger partial charge < -0.3 is 0 Å². The predicted octanol–water partition coefficient (Wildman–Crippen LogP) is 2.43. The predicted molar refractivity (Wildman–Crippen MR) is 109 cm³/mol. The number of sulfonamides is 1. The van der Waals surface area contributed by atoms with E-state index in [1.807, 2.05) is 19.1 Å². The third-order valence-electron chi connectivity index (χ3n) is 5.14. The molecule has 0 aromatic heterocycles. The largest absolute Gasteiger partial charge is 0.299 e. The number of aryl methyl sites for hydroxylation is 1. The summed E-state index contributed by atoms with van der Waals surface area (Å²) in [7, 11) is -1.75. The lowest BCUT2D eigenvalue weighted by Crippen LogP contribution is -2.48. The summed E-state index contributed by atoms with van der Waals surface area (Å²) < 4.78 is 26.9. The minimum absolute atomic E-state index is 0.373. The highest BCUT2D eigenvalue weighted by Gasteiger charge is 2.22. The zero-order chi connectivity index (χ0) is 19.3. The molecule has 2 aromatic carbocycles. The van der Waals surface area contributed by atoms with Crippen LogP contribution in [0, 0.1) is 6.92 Å². The zero-order valence-corrected chi connectivity index (χ0v) is 17.0. The highest BCUT2D eigenvalue weighted by molar-refractivity contribution is 7.89. The minimum Gasteiger partial charge on any atom is -0.299 e. The summed E-state index contributed by atoms with van der Waals surface area (Å²) in [4.78, 5) is 5.18. The second-order valence-electron chi connectivity index (χ2n) is 7.25. The van der Waals surface area contributed by atoms with Gasteiger partial charge in [0.2, 0.25) is 10.0 Å². The van der Waals surface area contributed by atoms with Crippen LogP contribution in [0.25, 0.3) is 0 Å². The van der Waals surface area contributed by atoms with E-state index in [4.69, 9.17) is 0 Å². The van der Waals surface area contributed by atoms with Crippen molar-refractivity contribution in [3.63, 3.8) is 0 Å². The van der Waals surface area contributed by atoms with Crippen LogP contribution in [-0.2, 0) is 16.6 Å². The highest BCUT2D eigenvalue weighted by atomic mass is 32.2. The van der Waals surface area contributed by atoms with Gasteiger partial charge in [0.25, 0.3) is 0 Å². The van der Waals surface area contributed by atoms with Crippen molar-refractivity contribution < 1.29 is 8.42 Å². The molecule has 0 amide bonds. The first kappa shape index (κ1) is 20.0. The van der Waals surface area contributed by atoms with E-state index in [2.05, 4.69) is 34.1 Å².